The molecule has 0 aromatic heterocycles. The van der Waals surface area contributed by atoms with Crippen LogP contribution >= 0.6 is 0 Å². The van der Waals surface area contributed by atoms with Crippen molar-refractivity contribution in [3.63, 3.8) is 0 Å². The Hall–Kier alpha value is -2.49. The Morgan fingerprint density at radius 1 is 1.09 bits per heavy atom. The summed E-state index contributed by atoms with van der Waals surface area (Å²) in [6.45, 7) is 3.96. The second-order valence-electron chi connectivity index (χ2n) is 5.25. The van der Waals surface area contributed by atoms with Crippen LogP contribution in [0.3, 0.4) is 0 Å². The van der Waals surface area contributed by atoms with E-state index in [-0.39, 0.29) is 0 Å². The molecule has 0 aliphatic heterocycles. The highest BCUT2D eigenvalue weighted by Gasteiger charge is 2.21. The van der Waals surface area contributed by atoms with Gasteiger partial charge < -0.3 is 14.6 Å². The fourth-order valence-electron chi connectivity index (χ4n) is 2.22. The van der Waals surface area contributed by atoms with Gasteiger partial charge in [-0.3, -0.25) is 0 Å². The third-order valence-corrected chi connectivity index (χ3v) is 3.52. The van der Waals surface area contributed by atoms with E-state index in [4.69, 9.17) is 9.47 Å². The molecule has 0 unspecified atom stereocenters. The highest BCUT2D eigenvalue weighted by molar-refractivity contribution is 5.73. The number of carbonyl (C=O) groups is 1. The smallest absolute Gasteiger partial charge is 0.345 e. The van der Waals surface area contributed by atoms with Crippen molar-refractivity contribution in [2.45, 2.75) is 26.4 Å². The summed E-state index contributed by atoms with van der Waals surface area (Å²) in [5.74, 6) is 0.240. The van der Waals surface area contributed by atoms with Gasteiger partial charge >= 0.3 is 5.97 Å². The standard InChI is InChI=1S/C18H20O4/c1-12-4-5-13(2)14(10-12)11-17(18(19)20)22-16-8-6-15(21-3)7-9-16/h4-10,17H,11H2,1-3H3,(H,19,20)/t17-/m1/s1. The second kappa shape index (κ2) is 6.98. The van der Waals surface area contributed by atoms with Gasteiger partial charge in [0.05, 0.1) is 7.11 Å². The highest BCUT2D eigenvalue weighted by atomic mass is 16.5. The first-order valence-electron chi connectivity index (χ1n) is 7.09. The molecular weight excluding hydrogens is 280 g/mol. The van der Waals surface area contributed by atoms with E-state index < -0.39 is 12.1 Å². The van der Waals surface area contributed by atoms with Gasteiger partial charge in [0, 0.05) is 6.42 Å². The van der Waals surface area contributed by atoms with Gasteiger partial charge in [0.2, 0.25) is 0 Å². The normalized spacial score (nSPS) is 11.8. The Balaban J connectivity index is 2.15. The molecule has 1 atom stereocenters. The fraction of sp³-hybridized carbons (Fsp3) is 0.278. The van der Waals surface area contributed by atoms with Crippen LogP contribution in [0, 0.1) is 13.8 Å². The van der Waals surface area contributed by atoms with E-state index in [1.165, 1.54) is 0 Å². The van der Waals surface area contributed by atoms with Crippen LogP contribution in [0.4, 0.5) is 0 Å². The molecule has 0 bridgehead atoms. The molecule has 1 N–H and O–H groups in total. The Morgan fingerprint density at radius 3 is 2.32 bits per heavy atom. The van der Waals surface area contributed by atoms with Gasteiger partial charge in [-0.25, -0.2) is 4.79 Å². The number of benzene rings is 2. The van der Waals surface area contributed by atoms with Gasteiger partial charge in [0.25, 0.3) is 0 Å². The van der Waals surface area contributed by atoms with Crippen LogP contribution in [0.5, 0.6) is 11.5 Å². The molecule has 0 fully saturated rings. The quantitative estimate of drug-likeness (QED) is 0.888. The first-order chi connectivity index (χ1) is 10.5. The molecule has 2 aromatic carbocycles. The molecule has 0 saturated carbocycles. The van der Waals surface area contributed by atoms with Crippen LogP contribution in [0.15, 0.2) is 42.5 Å². The molecule has 0 amide bonds. The monoisotopic (exact) mass is 300 g/mol. The number of ether oxygens (including phenoxy) is 2. The van der Waals surface area contributed by atoms with Gasteiger partial charge in [0.1, 0.15) is 11.5 Å². The predicted molar refractivity (Wildman–Crippen MR) is 84.7 cm³/mol. The predicted octanol–water partition coefficient (Wildman–Crippen LogP) is 3.39. The molecule has 2 aromatic rings. The fourth-order valence-corrected chi connectivity index (χ4v) is 2.22. The van der Waals surface area contributed by atoms with E-state index in [1.54, 1.807) is 31.4 Å². The molecule has 2 rings (SSSR count). The zero-order valence-corrected chi connectivity index (χ0v) is 13.0. The third-order valence-electron chi connectivity index (χ3n) is 3.52. The minimum Gasteiger partial charge on any atom is -0.497 e. The van der Waals surface area contributed by atoms with Crippen molar-refractivity contribution in [3.8, 4) is 11.5 Å². The summed E-state index contributed by atoms with van der Waals surface area (Å²) in [5.41, 5.74) is 3.16. The van der Waals surface area contributed by atoms with Crippen molar-refractivity contribution in [2.24, 2.45) is 0 Å². The van der Waals surface area contributed by atoms with Gasteiger partial charge in [-0.05, 0) is 49.2 Å². The zero-order chi connectivity index (χ0) is 16.1. The van der Waals surface area contributed by atoms with Crippen LogP contribution < -0.4 is 9.47 Å². The van der Waals surface area contributed by atoms with Crippen LogP contribution in [0.1, 0.15) is 16.7 Å². The largest absolute Gasteiger partial charge is 0.497 e. The average Bonchev–Trinajstić information content (AvgIpc) is 2.50. The van der Waals surface area contributed by atoms with Crippen LogP contribution in [0.2, 0.25) is 0 Å². The van der Waals surface area contributed by atoms with Gasteiger partial charge in [-0.2, -0.15) is 0 Å². The Morgan fingerprint density at radius 2 is 1.73 bits per heavy atom. The second-order valence-corrected chi connectivity index (χ2v) is 5.25. The molecule has 116 valence electrons. The topological polar surface area (TPSA) is 55.8 Å². The molecule has 0 saturated heterocycles. The van der Waals surface area contributed by atoms with Crippen molar-refractivity contribution in [2.75, 3.05) is 7.11 Å². The van der Waals surface area contributed by atoms with Gasteiger partial charge in [-0.15, -0.1) is 0 Å². The van der Waals surface area contributed by atoms with Crippen LogP contribution in [-0.4, -0.2) is 24.3 Å². The number of aliphatic carboxylic acids is 1. The summed E-state index contributed by atoms with van der Waals surface area (Å²) in [6.07, 6.45) is -0.594. The SMILES string of the molecule is COc1ccc(O[C@H](Cc2cc(C)ccc2C)C(=O)O)cc1. The highest BCUT2D eigenvalue weighted by Crippen LogP contribution is 2.20. The first kappa shape index (κ1) is 15.9. The minimum absolute atomic E-state index is 0.328. The van der Waals surface area contributed by atoms with E-state index in [2.05, 4.69) is 0 Å². The summed E-state index contributed by atoms with van der Waals surface area (Å²) < 4.78 is 10.7. The van der Waals surface area contributed by atoms with Crippen molar-refractivity contribution < 1.29 is 19.4 Å². The van der Waals surface area contributed by atoms with Crippen LogP contribution in [0.25, 0.3) is 0 Å². The average molecular weight is 300 g/mol. The third kappa shape index (κ3) is 4.01. The first-order valence-corrected chi connectivity index (χ1v) is 7.09. The molecule has 0 aliphatic rings. The lowest BCUT2D eigenvalue weighted by Crippen LogP contribution is -2.29. The number of carboxylic acid groups (broad SMARTS) is 1. The zero-order valence-electron chi connectivity index (χ0n) is 13.0. The van der Waals surface area contributed by atoms with E-state index in [0.29, 0.717) is 17.9 Å². The maximum absolute atomic E-state index is 11.5. The van der Waals surface area contributed by atoms with Crippen molar-refractivity contribution in [1.29, 1.82) is 0 Å². The summed E-state index contributed by atoms with van der Waals surface area (Å²) in [6, 6.07) is 12.9. The van der Waals surface area contributed by atoms with E-state index in [9.17, 15) is 9.90 Å². The number of hydrogen-bond donors (Lipinski definition) is 1. The van der Waals surface area contributed by atoms with E-state index in [0.717, 1.165) is 16.7 Å². The maximum Gasteiger partial charge on any atom is 0.345 e. The number of carboxylic acids is 1. The van der Waals surface area contributed by atoms with Crippen LogP contribution in [-0.2, 0) is 11.2 Å². The summed E-state index contributed by atoms with van der Waals surface area (Å²) >= 11 is 0. The van der Waals surface area contributed by atoms with E-state index in [1.807, 2.05) is 32.0 Å². The van der Waals surface area contributed by atoms with Gasteiger partial charge in [0.15, 0.2) is 6.10 Å². The summed E-state index contributed by atoms with van der Waals surface area (Å²) in [4.78, 5) is 11.5. The maximum atomic E-state index is 11.5. The lowest BCUT2D eigenvalue weighted by Gasteiger charge is -2.17. The van der Waals surface area contributed by atoms with E-state index >= 15 is 0 Å². The molecule has 4 nitrogen and oxygen atoms in total. The lowest BCUT2D eigenvalue weighted by atomic mass is 10.00. The molecule has 0 aliphatic carbocycles. The lowest BCUT2D eigenvalue weighted by molar-refractivity contribution is -0.145. The Kier molecular flexibility index (Phi) is 5.04. The molecule has 0 heterocycles. The molecule has 4 heteroatoms. The van der Waals surface area contributed by atoms with Gasteiger partial charge in [-0.1, -0.05) is 23.8 Å². The Labute approximate surface area is 130 Å². The van der Waals surface area contributed by atoms with Crippen molar-refractivity contribution in [1.82, 2.24) is 0 Å². The molecular formula is C18H20O4. The van der Waals surface area contributed by atoms with Crippen molar-refractivity contribution >= 4 is 5.97 Å². The molecule has 0 radical (unpaired) electrons. The number of aryl methyl sites for hydroxylation is 2. The Bertz CT molecular complexity index is 647. The minimum atomic E-state index is -0.975. The number of methoxy groups -OCH3 is 1. The molecule has 22 heavy (non-hydrogen) atoms. The number of rotatable bonds is 6. The number of hydrogen-bond acceptors (Lipinski definition) is 3. The molecule has 0 spiro atoms. The summed E-state index contributed by atoms with van der Waals surface area (Å²) in [5, 5.41) is 9.41. The van der Waals surface area contributed by atoms with Crippen molar-refractivity contribution in [3.05, 3.63) is 59.2 Å². The summed E-state index contributed by atoms with van der Waals surface area (Å²) in [7, 11) is 1.58.